The Morgan fingerprint density at radius 3 is 2.93 bits per heavy atom. The first-order chi connectivity index (χ1) is 13.7. The first kappa shape index (κ1) is 24.0. The summed E-state index contributed by atoms with van der Waals surface area (Å²) in [5.74, 6) is 1.54. The number of ether oxygens (including phenoxy) is 1. The Kier molecular flexibility index (Phi) is 10.2. The summed E-state index contributed by atoms with van der Waals surface area (Å²) in [7, 11) is 1.82. The molecular formula is C22H36IN5O. The lowest BCUT2D eigenvalue weighted by molar-refractivity contribution is -0.0284. The molecule has 0 spiro atoms. The van der Waals surface area contributed by atoms with Crippen LogP contribution >= 0.6 is 24.0 Å². The van der Waals surface area contributed by atoms with Gasteiger partial charge in [-0.1, -0.05) is 32.0 Å². The monoisotopic (exact) mass is 513 g/mol. The molecule has 2 heterocycles. The number of nitrogens with one attached hydrogen (secondary N) is 3. The summed E-state index contributed by atoms with van der Waals surface area (Å²) in [6, 6.07) is 8.47. The van der Waals surface area contributed by atoms with E-state index in [1.165, 1.54) is 16.5 Å². The summed E-state index contributed by atoms with van der Waals surface area (Å²) in [6.45, 7) is 10.2. The molecule has 1 saturated heterocycles. The van der Waals surface area contributed by atoms with Gasteiger partial charge in [0.2, 0.25) is 0 Å². The number of guanidine groups is 1. The molecule has 1 aliphatic rings. The number of hydrogen-bond acceptors (Lipinski definition) is 3. The third-order valence-corrected chi connectivity index (χ3v) is 5.16. The van der Waals surface area contributed by atoms with Crippen LogP contribution in [0.3, 0.4) is 0 Å². The van der Waals surface area contributed by atoms with Gasteiger partial charge in [-0.05, 0) is 30.4 Å². The quantitative estimate of drug-likeness (QED) is 0.220. The molecule has 162 valence electrons. The number of hydrogen-bond donors (Lipinski definition) is 3. The minimum Gasteiger partial charge on any atom is -0.374 e. The molecule has 1 unspecified atom stereocenters. The highest BCUT2D eigenvalue weighted by molar-refractivity contribution is 14.0. The number of para-hydroxylation sites is 1. The number of nitrogens with zero attached hydrogens (tertiary/aromatic N) is 2. The smallest absolute Gasteiger partial charge is 0.191 e. The third kappa shape index (κ3) is 7.46. The average Bonchev–Trinajstić information content (AvgIpc) is 3.10. The van der Waals surface area contributed by atoms with Gasteiger partial charge in [0.15, 0.2) is 5.96 Å². The first-order valence-electron chi connectivity index (χ1n) is 10.5. The number of halogens is 1. The zero-order valence-corrected chi connectivity index (χ0v) is 20.2. The maximum atomic E-state index is 5.91. The molecule has 0 amide bonds. The Morgan fingerprint density at radius 1 is 1.31 bits per heavy atom. The summed E-state index contributed by atoms with van der Waals surface area (Å²) in [5.41, 5.74) is 2.59. The van der Waals surface area contributed by atoms with Crippen LogP contribution < -0.4 is 10.6 Å². The number of H-pyrrole nitrogens is 1. The van der Waals surface area contributed by atoms with E-state index >= 15 is 0 Å². The topological polar surface area (TPSA) is 64.7 Å². The maximum Gasteiger partial charge on any atom is 0.191 e. The fourth-order valence-corrected chi connectivity index (χ4v) is 3.84. The van der Waals surface area contributed by atoms with Gasteiger partial charge in [-0.3, -0.25) is 9.89 Å². The van der Waals surface area contributed by atoms with E-state index in [4.69, 9.17) is 4.74 Å². The lowest BCUT2D eigenvalue weighted by atomic mass is 10.1. The second-order valence-electron chi connectivity index (χ2n) is 7.99. The van der Waals surface area contributed by atoms with E-state index in [0.717, 1.165) is 58.1 Å². The number of aryl methyl sites for hydroxylation is 1. The van der Waals surface area contributed by atoms with Crippen molar-refractivity contribution >= 4 is 40.8 Å². The van der Waals surface area contributed by atoms with Crippen LogP contribution in [-0.4, -0.2) is 68.3 Å². The number of benzene rings is 1. The number of aliphatic imine (C=N–C) groups is 1. The fraction of sp³-hybridized carbons (Fsp3) is 0.591. The van der Waals surface area contributed by atoms with Crippen molar-refractivity contribution < 1.29 is 4.74 Å². The fourth-order valence-electron chi connectivity index (χ4n) is 3.84. The van der Waals surface area contributed by atoms with Gasteiger partial charge in [0.25, 0.3) is 0 Å². The Balaban J connectivity index is 0.00000300. The van der Waals surface area contributed by atoms with Gasteiger partial charge in [-0.15, -0.1) is 24.0 Å². The van der Waals surface area contributed by atoms with E-state index in [1.54, 1.807) is 0 Å². The minimum atomic E-state index is 0. The highest BCUT2D eigenvalue weighted by Gasteiger charge is 2.21. The second-order valence-corrected chi connectivity index (χ2v) is 7.99. The van der Waals surface area contributed by atoms with E-state index in [0.29, 0.717) is 5.92 Å². The molecule has 6 nitrogen and oxygen atoms in total. The molecule has 1 aliphatic heterocycles. The second kappa shape index (κ2) is 12.4. The largest absolute Gasteiger partial charge is 0.374 e. The maximum absolute atomic E-state index is 5.91. The van der Waals surface area contributed by atoms with Crippen molar-refractivity contribution in [2.75, 3.05) is 46.4 Å². The van der Waals surface area contributed by atoms with Gasteiger partial charge in [0.1, 0.15) is 0 Å². The molecule has 2 aromatic rings. The highest BCUT2D eigenvalue weighted by Crippen LogP contribution is 2.18. The molecule has 0 radical (unpaired) electrons. The number of aromatic nitrogens is 1. The number of aromatic amines is 1. The molecule has 7 heteroatoms. The summed E-state index contributed by atoms with van der Waals surface area (Å²) >= 11 is 0. The zero-order valence-electron chi connectivity index (χ0n) is 17.9. The Bertz CT molecular complexity index is 760. The van der Waals surface area contributed by atoms with Crippen molar-refractivity contribution in [1.82, 2.24) is 20.5 Å². The van der Waals surface area contributed by atoms with Crippen LogP contribution in [0.5, 0.6) is 0 Å². The van der Waals surface area contributed by atoms with E-state index in [9.17, 15) is 0 Å². The molecule has 0 bridgehead atoms. The molecule has 3 N–H and O–H groups in total. The van der Waals surface area contributed by atoms with Crippen LogP contribution in [0.15, 0.2) is 35.5 Å². The summed E-state index contributed by atoms with van der Waals surface area (Å²) in [4.78, 5) is 10.2. The van der Waals surface area contributed by atoms with Crippen molar-refractivity contribution in [1.29, 1.82) is 0 Å². The molecule has 0 saturated carbocycles. The predicted octanol–water partition coefficient (Wildman–Crippen LogP) is 3.24. The van der Waals surface area contributed by atoms with Crippen LogP contribution in [0.4, 0.5) is 0 Å². The minimum absolute atomic E-state index is 0. The van der Waals surface area contributed by atoms with Crippen LogP contribution in [-0.2, 0) is 11.2 Å². The van der Waals surface area contributed by atoms with E-state index < -0.39 is 0 Å². The van der Waals surface area contributed by atoms with Gasteiger partial charge in [0.05, 0.1) is 12.7 Å². The molecule has 1 aromatic carbocycles. The average molecular weight is 513 g/mol. The normalized spacial score (nSPS) is 18.1. The molecule has 1 fully saturated rings. The van der Waals surface area contributed by atoms with Crippen molar-refractivity contribution in [2.45, 2.75) is 32.8 Å². The number of morpholine rings is 1. The summed E-state index contributed by atoms with van der Waals surface area (Å²) < 4.78 is 5.91. The Hall–Kier alpha value is -1.32. The number of rotatable bonds is 8. The van der Waals surface area contributed by atoms with Crippen molar-refractivity contribution in [3.8, 4) is 0 Å². The van der Waals surface area contributed by atoms with Gasteiger partial charge in [-0.2, -0.15) is 0 Å². The van der Waals surface area contributed by atoms with E-state index in [-0.39, 0.29) is 30.1 Å². The van der Waals surface area contributed by atoms with Gasteiger partial charge in [0, 0.05) is 56.9 Å². The molecular weight excluding hydrogens is 477 g/mol. The van der Waals surface area contributed by atoms with Crippen molar-refractivity contribution in [3.05, 3.63) is 36.0 Å². The standard InChI is InChI=1S/C22H35N5O.HI/c1-17(2)15-27-11-12-28-19(16-27)14-26-22(23-3)24-10-6-7-18-13-25-21-9-5-4-8-20(18)21;/h4-5,8-9,13,17,19,25H,6-7,10-12,14-16H2,1-3H3,(H2,23,24,26);1H. The van der Waals surface area contributed by atoms with Crippen molar-refractivity contribution in [3.63, 3.8) is 0 Å². The predicted molar refractivity (Wildman–Crippen MR) is 132 cm³/mol. The van der Waals surface area contributed by atoms with Gasteiger partial charge < -0.3 is 20.4 Å². The molecule has 1 aromatic heterocycles. The SMILES string of the molecule is CN=C(NCCCc1c[nH]c2ccccc12)NCC1CN(CC(C)C)CCO1.I. The zero-order chi connectivity index (χ0) is 19.8. The molecule has 3 rings (SSSR count). The van der Waals surface area contributed by atoms with Gasteiger partial charge >= 0.3 is 0 Å². The van der Waals surface area contributed by atoms with Crippen LogP contribution in [0.1, 0.15) is 25.8 Å². The van der Waals surface area contributed by atoms with E-state index in [2.05, 4.69) is 69.8 Å². The van der Waals surface area contributed by atoms with Crippen LogP contribution in [0.2, 0.25) is 0 Å². The van der Waals surface area contributed by atoms with Crippen LogP contribution in [0.25, 0.3) is 10.9 Å². The van der Waals surface area contributed by atoms with Crippen molar-refractivity contribution in [2.24, 2.45) is 10.9 Å². The van der Waals surface area contributed by atoms with Crippen LogP contribution in [0, 0.1) is 5.92 Å². The third-order valence-electron chi connectivity index (χ3n) is 5.16. The number of fused-ring (bicyclic) bond motifs is 1. The lowest BCUT2D eigenvalue weighted by Gasteiger charge is -2.34. The lowest BCUT2D eigenvalue weighted by Crippen LogP contribution is -2.50. The first-order valence-corrected chi connectivity index (χ1v) is 10.5. The Labute approximate surface area is 191 Å². The molecule has 29 heavy (non-hydrogen) atoms. The summed E-state index contributed by atoms with van der Waals surface area (Å²) in [5, 5.41) is 8.16. The molecule has 0 aliphatic carbocycles. The summed E-state index contributed by atoms with van der Waals surface area (Å²) in [6.07, 6.45) is 4.45. The van der Waals surface area contributed by atoms with E-state index in [1.807, 2.05) is 7.05 Å². The highest BCUT2D eigenvalue weighted by atomic mass is 127. The molecule has 1 atom stereocenters. The van der Waals surface area contributed by atoms with Gasteiger partial charge in [-0.25, -0.2) is 0 Å². The Morgan fingerprint density at radius 2 is 2.14 bits per heavy atom.